The molecular weight excluding hydrogens is 243 g/mol. The van der Waals surface area contributed by atoms with Gasteiger partial charge < -0.3 is 9.84 Å². The average molecular weight is 251 g/mol. The minimum absolute atomic E-state index is 0.385. The molecule has 1 rings (SSSR count). The molecule has 17 heavy (non-hydrogen) atoms. The molecule has 1 N–H and O–H groups in total. The van der Waals surface area contributed by atoms with Gasteiger partial charge >= 0.3 is 6.18 Å². The molecule has 0 saturated heterocycles. The van der Waals surface area contributed by atoms with E-state index in [9.17, 15) is 23.3 Å². The van der Waals surface area contributed by atoms with E-state index >= 15 is 0 Å². The zero-order valence-corrected chi connectivity index (χ0v) is 8.56. The second-order valence-corrected chi connectivity index (χ2v) is 3.13. The predicted molar refractivity (Wildman–Crippen MR) is 50.7 cm³/mol. The van der Waals surface area contributed by atoms with E-state index in [-0.39, 0.29) is 5.75 Å². The van der Waals surface area contributed by atoms with E-state index in [2.05, 4.69) is 4.74 Å². The molecule has 0 amide bonds. The second-order valence-electron chi connectivity index (χ2n) is 3.13. The summed E-state index contributed by atoms with van der Waals surface area (Å²) >= 11 is 0. The predicted octanol–water partition coefficient (Wildman–Crippen LogP) is 2.20. The maximum absolute atomic E-state index is 12.3. The highest BCUT2D eigenvalue weighted by Gasteiger charge is 2.41. The number of aliphatic hydroxyl groups excluding tert-OH is 1. The van der Waals surface area contributed by atoms with Crippen LogP contribution in [-0.2, 0) is 0 Å². The first-order chi connectivity index (χ1) is 7.77. The van der Waals surface area contributed by atoms with E-state index in [0.717, 1.165) is 25.3 Å². The normalized spacial score (nSPS) is 13.2. The van der Waals surface area contributed by atoms with Gasteiger partial charge in [0, 0.05) is 11.6 Å². The molecular formula is C9H8F3NO4. The Morgan fingerprint density at radius 1 is 1.47 bits per heavy atom. The van der Waals surface area contributed by atoms with Crippen molar-refractivity contribution in [3.63, 3.8) is 0 Å². The summed E-state index contributed by atoms with van der Waals surface area (Å²) in [5.41, 5.74) is -0.981. The Morgan fingerprint density at radius 2 is 2.06 bits per heavy atom. The largest absolute Gasteiger partial charge is 0.496 e. The molecule has 5 nitrogen and oxygen atoms in total. The lowest BCUT2D eigenvalue weighted by Crippen LogP contribution is -2.20. The van der Waals surface area contributed by atoms with Crippen molar-refractivity contribution in [1.29, 1.82) is 0 Å². The number of hydrogen-bond donors (Lipinski definition) is 1. The van der Waals surface area contributed by atoms with E-state index in [0.29, 0.717) is 0 Å². The summed E-state index contributed by atoms with van der Waals surface area (Å²) in [6.45, 7) is 0. The summed E-state index contributed by atoms with van der Waals surface area (Å²) in [7, 11) is 1.06. The second kappa shape index (κ2) is 4.58. The molecule has 0 heterocycles. The number of non-ortho nitro benzene ring substituents is 1. The van der Waals surface area contributed by atoms with Gasteiger partial charge in [0.1, 0.15) is 5.75 Å². The topological polar surface area (TPSA) is 72.6 Å². The van der Waals surface area contributed by atoms with Crippen LogP contribution in [0.5, 0.6) is 5.75 Å². The SMILES string of the molecule is COc1cc([N+](=O)[O-])ccc1C(O)C(F)(F)F. The molecule has 0 aromatic heterocycles. The number of nitro groups is 1. The van der Waals surface area contributed by atoms with Crippen LogP contribution in [0.3, 0.4) is 0 Å². The molecule has 0 aliphatic heterocycles. The molecule has 0 spiro atoms. The molecule has 1 aromatic carbocycles. The molecule has 1 atom stereocenters. The van der Waals surface area contributed by atoms with Crippen LogP contribution in [0.2, 0.25) is 0 Å². The average Bonchev–Trinajstić information content (AvgIpc) is 2.25. The fourth-order valence-corrected chi connectivity index (χ4v) is 1.22. The molecule has 0 fully saturated rings. The smallest absolute Gasteiger partial charge is 0.418 e. The summed E-state index contributed by atoms with van der Waals surface area (Å²) in [6.07, 6.45) is -7.60. The highest BCUT2D eigenvalue weighted by atomic mass is 19.4. The summed E-state index contributed by atoms with van der Waals surface area (Å²) < 4.78 is 41.4. The van der Waals surface area contributed by atoms with Crippen molar-refractivity contribution in [2.75, 3.05) is 7.11 Å². The van der Waals surface area contributed by atoms with Crippen molar-refractivity contribution in [2.24, 2.45) is 0 Å². The van der Waals surface area contributed by atoms with Gasteiger partial charge in [-0.3, -0.25) is 10.1 Å². The lowest BCUT2D eigenvalue weighted by molar-refractivity contribution is -0.385. The van der Waals surface area contributed by atoms with Crippen molar-refractivity contribution in [3.05, 3.63) is 33.9 Å². The van der Waals surface area contributed by atoms with Gasteiger partial charge in [-0.15, -0.1) is 0 Å². The van der Waals surface area contributed by atoms with Crippen molar-refractivity contribution in [1.82, 2.24) is 0 Å². The van der Waals surface area contributed by atoms with E-state index in [1.165, 1.54) is 0 Å². The lowest BCUT2D eigenvalue weighted by Gasteiger charge is -2.17. The van der Waals surface area contributed by atoms with Crippen LogP contribution in [-0.4, -0.2) is 23.3 Å². The Balaban J connectivity index is 3.22. The monoisotopic (exact) mass is 251 g/mol. The number of aliphatic hydroxyl groups is 1. The highest BCUT2D eigenvalue weighted by molar-refractivity contribution is 5.45. The van der Waals surface area contributed by atoms with Crippen LogP contribution in [0.25, 0.3) is 0 Å². The number of benzene rings is 1. The van der Waals surface area contributed by atoms with Gasteiger partial charge in [0.2, 0.25) is 0 Å². The fourth-order valence-electron chi connectivity index (χ4n) is 1.22. The zero-order valence-electron chi connectivity index (χ0n) is 8.56. The molecule has 1 unspecified atom stereocenters. The van der Waals surface area contributed by atoms with E-state index in [1.807, 2.05) is 0 Å². The van der Waals surface area contributed by atoms with Crippen molar-refractivity contribution >= 4 is 5.69 Å². The maximum atomic E-state index is 12.3. The summed E-state index contributed by atoms with van der Waals surface area (Å²) in [6, 6.07) is 2.51. The van der Waals surface area contributed by atoms with Gasteiger partial charge in [-0.05, 0) is 6.07 Å². The first-order valence-corrected chi connectivity index (χ1v) is 4.34. The summed E-state index contributed by atoms with van der Waals surface area (Å²) in [5, 5.41) is 19.4. The molecule has 1 aromatic rings. The zero-order chi connectivity index (χ0) is 13.2. The standard InChI is InChI=1S/C9H8F3NO4/c1-17-7-4-5(13(15)16)2-3-6(7)8(14)9(10,11)12/h2-4,8,14H,1H3. The van der Waals surface area contributed by atoms with Crippen LogP contribution < -0.4 is 4.74 Å². The van der Waals surface area contributed by atoms with Crippen LogP contribution in [0, 0.1) is 10.1 Å². The number of hydrogen-bond acceptors (Lipinski definition) is 4. The third-order valence-corrected chi connectivity index (χ3v) is 2.03. The molecule has 0 aliphatic rings. The lowest BCUT2D eigenvalue weighted by atomic mass is 10.1. The van der Waals surface area contributed by atoms with E-state index in [4.69, 9.17) is 5.11 Å². The minimum atomic E-state index is -4.86. The first-order valence-electron chi connectivity index (χ1n) is 4.34. The van der Waals surface area contributed by atoms with Crippen LogP contribution >= 0.6 is 0 Å². The number of nitrogens with zero attached hydrogens (tertiary/aromatic N) is 1. The van der Waals surface area contributed by atoms with Crippen LogP contribution in [0.15, 0.2) is 18.2 Å². The Bertz CT molecular complexity index is 433. The summed E-state index contributed by atoms with van der Waals surface area (Å²) in [4.78, 5) is 9.64. The number of alkyl halides is 3. The van der Waals surface area contributed by atoms with Gasteiger partial charge in [-0.2, -0.15) is 13.2 Å². The fraction of sp³-hybridized carbons (Fsp3) is 0.333. The highest BCUT2D eigenvalue weighted by Crippen LogP contribution is 2.38. The molecule has 0 bridgehead atoms. The Hall–Kier alpha value is -1.83. The van der Waals surface area contributed by atoms with Gasteiger partial charge in [0.15, 0.2) is 6.10 Å². The van der Waals surface area contributed by atoms with Crippen LogP contribution in [0.1, 0.15) is 11.7 Å². The molecule has 8 heteroatoms. The quantitative estimate of drug-likeness (QED) is 0.660. The van der Waals surface area contributed by atoms with Gasteiger partial charge in [-0.25, -0.2) is 0 Å². The van der Waals surface area contributed by atoms with Gasteiger partial charge in [-0.1, -0.05) is 0 Å². The number of ether oxygens (including phenoxy) is 1. The van der Waals surface area contributed by atoms with E-state index in [1.54, 1.807) is 0 Å². The van der Waals surface area contributed by atoms with Crippen LogP contribution in [0.4, 0.5) is 18.9 Å². The third-order valence-electron chi connectivity index (χ3n) is 2.03. The van der Waals surface area contributed by atoms with Gasteiger partial charge in [0.05, 0.1) is 18.1 Å². The maximum Gasteiger partial charge on any atom is 0.418 e. The Labute approximate surface area is 93.6 Å². The Morgan fingerprint density at radius 3 is 2.47 bits per heavy atom. The third kappa shape index (κ3) is 2.84. The first kappa shape index (κ1) is 13.2. The Kier molecular flexibility index (Phi) is 3.56. The summed E-state index contributed by atoms with van der Waals surface area (Å²) in [5.74, 6) is -0.385. The van der Waals surface area contributed by atoms with Crippen molar-refractivity contribution < 1.29 is 27.9 Å². The molecule has 0 radical (unpaired) electrons. The number of nitro benzene ring substituents is 1. The molecule has 0 saturated carbocycles. The number of methoxy groups -OCH3 is 1. The van der Waals surface area contributed by atoms with Gasteiger partial charge in [0.25, 0.3) is 5.69 Å². The van der Waals surface area contributed by atoms with E-state index < -0.39 is 28.5 Å². The molecule has 0 aliphatic carbocycles. The minimum Gasteiger partial charge on any atom is -0.496 e. The van der Waals surface area contributed by atoms with Crippen molar-refractivity contribution in [3.8, 4) is 5.75 Å². The number of halogens is 3. The number of rotatable bonds is 3. The molecule has 94 valence electrons. The van der Waals surface area contributed by atoms with Crippen molar-refractivity contribution in [2.45, 2.75) is 12.3 Å².